The van der Waals surface area contributed by atoms with Crippen molar-refractivity contribution in [3.63, 3.8) is 0 Å². The average molecular weight is 655 g/mol. The number of unbranched alkanes of at least 4 members (excludes halogenated alkanes) is 20. The first-order valence-corrected chi connectivity index (χ1v) is 18.9. The molecule has 0 aliphatic carbocycles. The molecule has 0 saturated carbocycles. The molecule has 0 fully saturated rings. The Bertz CT molecular complexity index is 762. The van der Waals surface area contributed by atoms with Crippen LogP contribution in [0.3, 0.4) is 0 Å². The quantitative estimate of drug-likeness (QED) is 0.0405. The van der Waals surface area contributed by atoms with Crippen LogP contribution in [0.2, 0.25) is 0 Å². The highest BCUT2D eigenvalue weighted by Crippen LogP contribution is 2.17. The molecular weight excluding hydrogens is 584 g/mol. The van der Waals surface area contributed by atoms with Crippen LogP contribution in [0.4, 0.5) is 0 Å². The molecule has 0 saturated heterocycles. The van der Waals surface area contributed by atoms with Gasteiger partial charge in [-0.05, 0) is 32.1 Å². The monoisotopic (exact) mass is 655 g/mol. The lowest BCUT2D eigenvalue weighted by molar-refractivity contribution is -0.150. The smallest absolute Gasteiger partial charge is 0.328 e. The standard InChI is InChI=1S/C37H70N2O7/c1-3-5-7-8-9-10-11-12-13-14-15-16-17-18-19-20-21-25-29-36(43)46-32(26-6-4-2)27-23-22-24-28-34(41)38-30-35(42)39-33(31-40)37(44)45/h32-33,40H,3-31H2,1-2H3,(H,38,41)(H,39,42)(H,44,45). The number of amides is 2. The Hall–Kier alpha value is -2.16. The maximum atomic E-state index is 12.5. The van der Waals surface area contributed by atoms with Gasteiger partial charge in [0.1, 0.15) is 12.1 Å². The van der Waals surface area contributed by atoms with E-state index in [1.54, 1.807) is 0 Å². The lowest BCUT2D eigenvalue weighted by atomic mass is 10.0. The van der Waals surface area contributed by atoms with Crippen molar-refractivity contribution in [3.05, 3.63) is 0 Å². The van der Waals surface area contributed by atoms with Crippen LogP contribution in [-0.4, -0.2) is 59.3 Å². The molecule has 0 aliphatic rings. The number of nitrogens with one attached hydrogen (secondary N) is 2. The van der Waals surface area contributed by atoms with Gasteiger partial charge < -0.3 is 25.6 Å². The molecule has 0 aromatic heterocycles. The number of aliphatic carboxylic acids is 1. The van der Waals surface area contributed by atoms with Crippen molar-refractivity contribution in [1.29, 1.82) is 0 Å². The number of carbonyl (C=O) groups excluding carboxylic acids is 3. The van der Waals surface area contributed by atoms with Crippen molar-refractivity contribution < 1.29 is 34.1 Å². The first kappa shape index (κ1) is 43.8. The number of rotatable bonds is 34. The van der Waals surface area contributed by atoms with Gasteiger partial charge in [0.25, 0.3) is 0 Å². The van der Waals surface area contributed by atoms with Gasteiger partial charge in [0.2, 0.25) is 11.8 Å². The van der Waals surface area contributed by atoms with E-state index in [2.05, 4.69) is 24.5 Å². The molecule has 9 heteroatoms. The summed E-state index contributed by atoms with van der Waals surface area (Å²) >= 11 is 0. The Morgan fingerprint density at radius 1 is 0.565 bits per heavy atom. The van der Waals surface area contributed by atoms with Gasteiger partial charge in [-0.2, -0.15) is 0 Å². The largest absolute Gasteiger partial charge is 0.480 e. The summed E-state index contributed by atoms with van der Waals surface area (Å²) in [6, 6.07) is -1.39. The summed E-state index contributed by atoms with van der Waals surface area (Å²) in [5, 5.41) is 22.4. The molecule has 0 heterocycles. The third kappa shape index (κ3) is 29.3. The molecular formula is C37H70N2O7. The van der Waals surface area contributed by atoms with E-state index in [1.165, 1.54) is 103 Å². The van der Waals surface area contributed by atoms with E-state index in [0.29, 0.717) is 12.8 Å². The molecule has 270 valence electrons. The van der Waals surface area contributed by atoms with Crippen LogP contribution in [-0.2, 0) is 23.9 Å². The summed E-state index contributed by atoms with van der Waals surface area (Å²) in [6.07, 6.45) is 30.5. The van der Waals surface area contributed by atoms with Gasteiger partial charge in [0.05, 0.1) is 13.2 Å². The summed E-state index contributed by atoms with van der Waals surface area (Å²) in [5.74, 6) is -2.39. The minimum atomic E-state index is -1.39. The molecule has 46 heavy (non-hydrogen) atoms. The van der Waals surface area contributed by atoms with Crippen molar-refractivity contribution in [2.45, 2.75) is 199 Å². The van der Waals surface area contributed by atoms with Crippen LogP contribution in [0.25, 0.3) is 0 Å². The van der Waals surface area contributed by atoms with Crippen LogP contribution in [0, 0.1) is 0 Å². The lowest BCUT2D eigenvalue weighted by Gasteiger charge is -2.18. The first-order chi connectivity index (χ1) is 22.3. The Morgan fingerprint density at radius 3 is 1.48 bits per heavy atom. The molecule has 2 amide bonds. The lowest BCUT2D eigenvalue weighted by Crippen LogP contribution is -2.47. The third-order valence-corrected chi connectivity index (χ3v) is 8.60. The topological polar surface area (TPSA) is 142 Å². The number of carboxylic acid groups (broad SMARTS) is 1. The summed E-state index contributed by atoms with van der Waals surface area (Å²) in [4.78, 5) is 47.0. The summed E-state index contributed by atoms with van der Waals surface area (Å²) in [7, 11) is 0. The number of ether oxygens (including phenoxy) is 1. The maximum Gasteiger partial charge on any atom is 0.328 e. The highest BCUT2D eigenvalue weighted by Gasteiger charge is 2.19. The minimum absolute atomic E-state index is 0.0748. The number of aliphatic hydroxyl groups is 1. The van der Waals surface area contributed by atoms with Crippen LogP contribution in [0.1, 0.15) is 187 Å². The Morgan fingerprint density at radius 2 is 1.00 bits per heavy atom. The Kier molecular flexibility index (Phi) is 31.2. The molecule has 0 bridgehead atoms. The van der Waals surface area contributed by atoms with Crippen LogP contribution in [0.15, 0.2) is 0 Å². The fourth-order valence-electron chi connectivity index (χ4n) is 5.64. The van der Waals surface area contributed by atoms with Gasteiger partial charge in [0.15, 0.2) is 0 Å². The van der Waals surface area contributed by atoms with Crippen LogP contribution in [0.5, 0.6) is 0 Å². The van der Waals surface area contributed by atoms with E-state index < -0.39 is 24.5 Å². The van der Waals surface area contributed by atoms with Gasteiger partial charge in [-0.1, -0.05) is 142 Å². The van der Waals surface area contributed by atoms with Crippen LogP contribution >= 0.6 is 0 Å². The van der Waals surface area contributed by atoms with Crippen molar-refractivity contribution >= 4 is 23.8 Å². The van der Waals surface area contributed by atoms with Gasteiger partial charge in [-0.15, -0.1) is 0 Å². The molecule has 0 spiro atoms. The summed E-state index contributed by atoms with van der Waals surface area (Å²) in [5.41, 5.74) is 0. The van der Waals surface area contributed by atoms with Gasteiger partial charge in [-0.25, -0.2) is 4.79 Å². The van der Waals surface area contributed by atoms with E-state index in [4.69, 9.17) is 14.9 Å². The highest BCUT2D eigenvalue weighted by atomic mass is 16.5. The molecule has 4 N–H and O–H groups in total. The van der Waals surface area contributed by atoms with Gasteiger partial charge in [-0.3, -0.25) is 14.4 Å². The molecule has 9 nitrogen and oxygen atoms in total. The van der Waals surface area contributed by atoms with Crippen molar-refractivity contribution in [1.82, 2.24) is 10.6 Å². The SMILES string of the molecule is CCCCCCCCCCCCCCCCCCCCC(=O)OC(CCCC)CCCCCC(=O)NCC(=O)NC(CO)C(=O)O. The second-order valence-electron chi connectivity index (χ2n) is 13.0. The van der Waals surface area contributed by atoms with Crippen molar-refractivity contribution in [2.75, 3.05) is 13.2 Å². The number of esters is 1. The zero-order valence-electron chi connectivity index (χ0n) is 29.6. The first-order valence-electron chi connectivity index (χ1n) is 18.9. The average Bonchev–Trinajstić information content (AvgIpc) is 3.04. The fourth-order valence-corrected chi connectivity index (χ4v) is 5.64. The van der Waals surface area contributed by atoms with E-state index in [0.717, 1.165) is 51.4 Å². The van der Waals surface area contributed by atoms with Crippen molar-refractivity contribution in [2.24, 2.45) is 0 Å². The van der Waals surface area contributed by atoms with E-state index in [-0.39, 0.29) is 30.9 Å². The predicted octanol–water partition coefficient (Wildman–Crippen LogP) is 8.15. The fraction of sp³-hybridized carbons (Fsp3) is 0.892. The number of aliphatic hydroxyl groups excluding tert-OH is 1. The predicted molar refractivity (Wildman–Crippen MR) is 186 cm³/mol. The Balaban J connectivity index is 3.79. The normalized spacial score (nSPS) is 12.4. The van der Waals surface area contributed by atoms with E-state index in [1.807, 2.05) is 0 Å². The molecule has 2 atom stereocenters. The molecule has 0 aliphatic heterocycles. The summed E-state index contributed by atoms with van der Waals surface area (Å²) in [6.45, 7) is 3.35. The molecule has 0 radical (unpaired) electrons. The van der Waals surface area contributed by atoms with Crippen LogP contribution < -0.4 is 10.6 Å². The molecule has 0 aromatic rings. The minimum Gasteiger partial charge on any atom is -0.480 e. The summed E-state index contributed by atoms with van der Waals surface area (Å²) < 4.78 is 5.81. The number of carboxylic acids is 1. The highest BCUT2D eigenvalue weighted by molar-refractivity contribution is 5.87. The molecule has 0 aromatic carbocycles. The zero-order valence-corrected chi connectivity index (χ0v) is 29.6. The van der Waals surface area contributed by atoms with Gasteiger partial charge in [0, 0.05) is 12.8 Å². The molecule has 2 unspecified atom stereocenters. The number of hydrogen-bond acceptors (Lipinski definition) is 6. The van der Waals surface area contributed by atoms with E-state index in [9.17, 15) is 19.2 Å². The maximum absolute atomic E-state index is 12.5. The second-order valence-corrected chi connectivity index (χ2v) is 13.0. The number of carbonyl (C=O) groups is 4. The van der Waals surface area contributed by atoms with Gasteiger partial charge >= 0.3 is 11.9 Å². The van der Waals surface area contributed by atoms with Crippen molar-refractivity contribution in [3.8, 4) is 0 Å². The zero-order chi connectivity index (χ0) is 34.1. The molecule has 0 rings (SSSR count). The second kappa shape index (κ2) is 32.8. The Labute approximate surface area is 280 Å². The third-order valence-electron chi connectivity index (χ3n) is 8.60. The number of hydrogen-bond donors (Lipinski definition) is 4. The van der Waals surface area contributed by atoms with E-state index >= 15 is 0 Å².